The molecule has 0 aliphatic heterocycles. The molecule has 0 aliphatic carbocycles. The highest BCUT2D eigenvalue weighted by molar-refractivity contribution is 9.10. The zero-order chi connectivity index (χ0) is 15.2. The quantitative estimate of drug-likeness (QED) is 0.673. The van der Waals surface area contributed by atoms with E-state index >= 15 is 0 Å². The molecule has 0 saturated heterocycles. The lowest BCUT2D eigenvalue weighted by atomic mass is 10.4. The number of hydrogen-bond donors (Lipinski definition) is 1. The molecule has 0 aliphatic rings. The minimum Gasteiger partial charge on any atom is -0.452 e. The van der Waals surface area contributed by atoms with E-state index in [1.54, 1.807) is 20.0 Å². The Kier molecular flexibility index (Phi) is 7.18. The summed E-state index contributed by atoms with van der Waals surface area (Å²) in [7, 11) is -1.81. The largest absolute Gasteiger partial charge is 0.452 e. The Morgan fingerprint density at radius 1 is 1.45 bits per heavy atom. The summed E-state index contributed by atoms with van der Waals surface area (Å²) in [5.74, 6) is 0.568. The maximum atomic E-state index is 12.6. The third kappa shape index (κ3) is 4.29. The highest BCUT2D eigenvalue weighted by atomic mass is 79.9. The molecule has 20 heavy (non-hydrogen) atoms. The lowest BCUT2D eigenvalue weighted by Gasteiger charge is -2.19. The van der Waals surface area contributed by atoms with E-state index in [1.165, 1.54) is 4.31 Å². The fourth-order valence-corrected chi connectivity index (χ4v) is 4.13. The van der Waals surface area contributed by atoms with Gasteiger partial charge >= 0.3 is 0 Å². The third-order valence-electron chi connectivity index (χ3n) is 2.72. The van der Waals surface area contributed by atoms with Crippen molar-refractivity contribution in [1.82, 2.24) is 9.62 Å². The zero-order valence-electron chi connectivity index (χ0n) is 12.0. The van der Waals surface area contributed by atoms with Gasteiger partial charge in [-0.1, -0.05) is 6.92 Å². The van der Waals surface area contributed by atoms with Gasteiger partial charge in [-0.2, -0.15) is 4.31 Å². The van der Waals surface area contributed by atoms with Gasteiger partial charge in [0.2, 0.25) is 10.0 Å². The third-order valence-corrected chi connectivity index (χ3v) is 5.55. The van der Waals surface area contributed by atoms with Gasteiger partial charge in [-0.3, -0.25) is 0 Å². The minimum atomic E-state index is -3.57. The van der Waals surface area contributed by atoms with Crippen molar-refractivity contribution in [3.05, 3.63) is 16.5 Å². The first-order valence-corrected chi connectivity index (χ1v) is 8.71. The van der Waals surface area contributed by atoms with E-state index in [0.29, 0.717) is 38.6 Å². The van der Waals surface area contributed by atoms with Crippen LogP contribution in [0.3, 0.4) is 0 Å². The van der Waals surface area contributed by atoms with Crippen molar-refractivity contribution in [2.24, 2.45) is 0 Å². The van der Waals surface area contributed by atoms with Crippen molar-refractivity contribution in [3.8, 4) is 0 Å². The number of rotatable bonds is 9. The molecule has 0 saturated carbocycles. The van der Waals surface area contributed by atoms with Gasteiger partial charge in [0.15, 0.2) is 4.67 Å². The molecule has 0 spiro atoms. The lowest BCUT2D eigenvalue weighted by Crippen LogP contribution is -2.33. The molecule has 8 heteroatoms. The summed E-state index contributed by atoms with van der Waals surface area (Å²) >= 11 is 3.17. The number of hydrogen-bond acceptors (Lipinski definition) is 5. The lowest BCUT2D eigenvalue weighted by molar-refractivity contribution is 0.135. The van der Waals surface area contributed by atoms with Crippen LogP contribution >= 0.6 is 15.9 Å². The molecular weight excluding hydrogens is 348 g/mol. The summed E-state index contributed by atoms with van der Waals surface area (Å²) in [4.78, 5) is 0.154. The predicted octanol–water partition coefficient (Wildman–Crippen LogP) is 1.81. The topological polar surface area (TPSA) is 71.8 Å². The summed E-state index contributed by atoms with van der Waals surface area (Å²) in [5, 5.41) is 2.92. The van der Waals surface area contributed by atoms with Gasteiger partial charge < -0.3 is 14.5 Å². The SMILES string of the molecule is CCOCCN(CC)S(=O)(=O)c1cc(CNC)oc1Br. The van der Waals surface area contributed by atoms with Gasteiger partial charge in [-0.25, -0.2) is 8.42 Å². The standard InChI is InChI=1S/C12H21BrN2O4S/c1-4-15(6-7-18-5-2)20(16,17)11-8-10(9-14-3)19-12(11)13/h8,14H,4-7,9H2,1-3H3. The Bertz CT molecular complexity index is 516. The molecule has 0 radical (unpaired) electrons. The van der Waals surface area contributed by atoms with Crippen LogP contribution in [-0.2, 0) is 21.3 Å². The first-order valence-electron chi connectivity index (χ1n) is 6.48. The Hall–Kier alpha value is -0.410. The van der Waals surface area contributed by atoms with E-state index in [4.69, 9.17) is 9.15 Å². The van der Waals surface area contributed by atoms with Crippen LogP contribution < -0.4 is 5.32 Å². The molecular formula is C12H21BrN2O4S. The highest BCUT2D eigenvalue weighted by Gasteiger charge is 2.28. The van der Waals surface area contributed by atoms with Crippen LogP contribution in [0.4, 0.5) is 0 Å². The number of halogens is 1. The molecule has 1 aromatic heterocycles. The van der Waals surface area contributed by atoms with Crippen LogP contribution in [-0.4, -0.2) is 46.1 Å². The van der Waals surface area contributed by atoms with Gasteiger partial charge in [0.1, 0.15) is 10.7 Å². The fourth-order valence-electron chi connectivity index (χ4n) is 1.73. The van der Waals surface area contributed by atoms with Crippen LogP contribution in [0, 0.1) is 0 Å². The molecule has 0 atom stereocenters. The van der Waals surface area contributed by atoms with E-state index in [2.05, 4.69) is 21.2 Å². The predicted molar refractivity (Wildman–Crippen MR) is 80.1 cm³/mol. The Morgan fingerprint density at radius 3 is 2.70 bits per heavy atom. The van der Waals surface area contributed by atoms with Crippen LogP contribution in [0.1, 0.15) is 19.6 Å². The molecule has 1 heterocycles. The fraction of sp³-hybridized carbons (Fsp3) is 0.667. The summed E-state index contributed by atoms with van der Waals surface area (Å²) in [5.41, 5.74) is 0. The Labute approximate surface area is 128 Å². The molecule has 116 valence electrons. The van der Waals surface area contributed by atoms with Crippen molar-refractivity contribution in [2.75, 3.05) is 33.4 Å². The van der Waals surface area contributed by atoms with Crippen molar-refractivity contribution in [1.29, 1.82) is 0 Å². The number of sulfonamides is 1. The molecule has 0 bridgehead atoms. The van der Waals surface area contributed by atoms with Gasteiger partial charge in [0.05, 0.1) is 13.2 Å². The van der Waals surface area contributed by atoms with E-state index < -0.39 is 10.0 Å². The van der Waals surface area contributed by atoms with Gasteiger partial charge in [-0.15, -0.1) is 0 Å². The second-order valence-electron chi connectivity index (χ2n) is 4.07. The molecule has 0 fully saturated rings. The molecule has 6 nitrogen and oxygen atoms in total. The smallest absolute Gasteiger partial charge is 0.247 e. The maximum Gasteiger partial charge on any atom is 0.247 e. The summed E-state index contributed by atoms with van der Waals surface area (Å²) in [6, 6.07) is 1.54. The monoisotopic (exact) mass is 368 g/mol. The normalized spacial score (nSPS) is 12.2. The summed E-state index contributed by atoms with van der Waals surface area (Å²) in [6.07, 6.45) is 0. The Balaban J connectivity index is 2.95. The molecule has 1 N–H and O–H groups in total. The first kappa shape index (κ1) is 17.6. The summed E-state index contributed by atoms with van der Waals surface area (Å²) in [6.45, 7) is 5.80. The van der Waals surface area contributed by atoms with Crippen molar-refractivity contribution in [2.45, 2.75) is 25.3 Å². The molecule has 1 aromatic rings. The second kappa shape index (κ2) is 8.14. The average molecular weight is 369 g/mol. The Morgan fingerprint density at radius 2 is 2.15 bits per heavy atom. The summed E-state index contributed by atoms with van der Waals surface area (Å²) < 4.78 is 37.3. The van der Waals surface area contributed by atoms with Crippen molar-refractivity contribution >= 4 is 26.0 Å². The molecule has 1 rings (SSSR count). The number of ether oxygens (including phenoxy) is 1. The van der Waals surface area contributed by atoms with Crippen molar-refractivity contribution in [3.63, 3.8) is 0 Å². The second-order valence-corrected chi connectivity index (χ2v) is 6.70. The average Bonchev–Trinajstić information content (AvgIpc) is 2.76. The van der Waals surface area contributed by atoms with E-state index in [9.17, 15) is 8.42 Å². The van der Waals surface area contributed by atoms with Crippen LogP contribution in [0.2, 0.25) is 0 Å². The number of nitrogens with zero attached hydrogens (tertiary/aromatic N) is 1. The van der Waals surface area contributed by atoms with Gasteiger partial charge in [-0.05, 0) is 29.9 Å². The molecule has 0 aromatic carbocycles. The first-order chi connectivity index (χ1) is 9.47. The minimum absolute atomic E-state index is 0.154. The van der Waals surface area contributed by atoms with E-state index in [0.717, 1.165) is 0 Å². The molecule has 0 amide bonds. The maximum absolute atomic E-state index is 12.6. The number of furan rings is 1. The molecule has 0 unspecified atom stereocenters. The zero-order valence-corrected chi connectivity index (χ0v) is 14.4. The van der Waals surface area contributed by atoms with Crippen LogP contribution in [0.15, 0.2) is 20.0 Å². The van der Waals surface area contributed by atoms with E-state index in [-0.39, 0.29) is 9.56 Å². The highest BCUT2D eigenvalue weighted by Crippen LogP contribution is 2.28. The number of nitrogens with one attached hydrogen (secondary N) is 1. The van der Waals surface area contributed by atoms with Gasteiger partial charge in [0, 0.05) is 25.8 Å². The number of likely N-dealkylation sites (N-methyl/N-ethyl adjacent to an activating group) is 1. The van der Waals surface area contributed by atoms with E-state index in [1.807, 2.05) is 6.92 Å². The van der Waals surface area contributed by atoms with Gasteiger partial charge in [0.25, 0.3) is 0 Å². The van der Waals surface area contributed by atoms with Crippen LogP contribution in [0.25, 0.3) is 0 Å². The van der Waals surface area contributed by atoms with Crippen molar-refractivity contribution < 1.29 is 17.6 Å². The van der Waals surface area contributed by atoms with Crippen LogP contribution in [0.5, 0.6) is 0 Å².